The summed E-state index contributed by atoms with van der Waals surface area (Å²) in [5.74, 6) is -3.33. The van der Waals surface area contributed by atoms with E-state index >= 15 is 0 Å². The van der Waals surface area contributed by atoms with Crippen LogP contribution >= 0.6 is 0 Å². The van der Waals surface area contributed by atoms with Crippen LogP contribution in [-0.2, 0) is 0 Å². The lowest BCUT2D eigenvalue weighted by atomic mass is 10.0. The highest BCUT2D eigenvalue weighted by atomic mass is 19.2. The quantitative estimate of drug-likeness (QED) is 0.314. The van der Waals surface area contributed by atoms with E-state index in [-0.39, 0.29) is 11.7 Å². The molecule has 1 saturated heterocycles. The fourth-order valence-electron chi connectivity index (χ4n) is 5.45. The maximum absolute atomic E-state index is 14.8. The van der Waals surface area contributed by atoms with Gasteiger partial charge in [-0.15, -0.1) is 0 Å². The largest absolute Gasteiger partial charge is 0.477 e. The Morgan fingerprint density at radius 1 is 1.23 bits per heavy atom. The fourth-order valence-corrected chi connectivity index (χ4v) is 5.45. The number of rotatable bonds is 5. The Kier molecular flexibility index (Phi) is 5.72. The highest BCUT2D eigenvalue weighted by molar-refractivity contribution is 6.17. The van der Waals surface area contributed by atoms with Crippen molar-refractivity contribution in [3.8, 4) is 11.1 Å². The van der Waals surface area contributed by atoms with Crippen molar-refractivity contribution >= 4 is 44.9 Å². The van der Waals surface area contributed by atoms with E-state index in [1.807, 2.05) is 14.1 Å². The normalized spacial score (nSPS) is 15.7. The third kappa shape index (κ3) is 3.78. The molecule has 0 amide bonds. The van der Waals surface area contributed by atoms with E-state index in [1.54, 1.807) is 18.3 Å². The number of anilines is 2. The van der Waals surface area contributed by atoms with Crippen LogP contribution in [0.2, 0.25) is 0 Å². The third-order valence-corrected chi connectivity index (χ3v) is 7.49. The van der Waals surface area contributed by atoms with Crippen LogP contribution in [0.1, 0.15) is 16.8 Å². The van der Waals surface area contributed by atoms with Crippen molar-refractivity contribution in [1.29, 1.82) is 0 Å². The first-order valence-corrected chi connectivity index (χ1v) is 12.4. The molecule has 3 N–H and O–H groups in total. The number of hydrogen-bond donors (Lipinski definition) is 3. The molecule has 5 heterocycles. The van der Waals surface area contributed by atoms with E-state index in [0.29, 0.717) is 51.8 Å². The lowest BCUT2D eigenvalue weighted by molar-refractivity contribution is 0.0694. The summed E-state index contributed by atoms with van der Waals surface area (Å²) in [4.78, 5) is 40.7. The number of pyridine rings is 2. The van der Waals surface area contributed by atoms with Crippen molar-refractivity contribution in [3.05, 3.63) is 64.3 Å². The van der Waals surface area contributed by atoms with Crippen molar-refractivity contribution < 1.29 is 18.7 Å². The zero-order valence-electron chi connectivity index (χ0n) is 21.4. The summed E-state index contributed by atoms with van der Waals surface area (Å²) in [6.45, 7) is 1.40. The van der Waals surface area contributed by atoms with Gasteiger partial charge in [0, 0.05) is 61.3 Å². The number of aromatic carboxylic acids is 1. The summed E-state index contributed by atoms with van der Waals surface area (Å²) in [5, 5.41) is 13.3. The van der Waals surface area contributed by atoms with Gasteiger partial charge in [0.25, 0.3) is 5.56 Å². The first-order chi connectivity index (χ1) is 18.7. The van der Waals surface area contributed by atoms with Crippen LogP contribution in [0.25, 0.3) is 38.7 Å². The highest BCUT2D eigenvalue weighted by Gasteiger charge is 2.30. The van der Waals surface area contributed by atoms with Crippen molar-refractivity contribution in [2.45, 2.75) is 12.5 Å². The second-order valence-corrected chi connectivity index (χ2v) is 9.87. The van der Waals surface area contributed by atoms with Gasteiger partial charge in [-0.3, -0.25) is 9.20 Å². The molecule has 1 atom stereocenters. The molecular formula is C27H25F2N7O3. The van der Waals surface area contributed by atoms with Crippen LogP contribution in [0, 0.1) is 11.6 Å². The second kappa shape index (κ2) is 9.02. The fraction of sp³-hybridized carbons (Fsp3) is 0.259. The molecule has 200 valence electrons. The summed E-state index contributed by atoms with van der Waals surface area (Å²) >= 11 is 0. The number of H-pyrrole nitrogens is 1. The standard InChI is InChI=1S/C27H25F2N7O3/c1-30-23-21(29)18(28)8-15-20-24(35-7-6-14(12-35)34(2)3)16(9-32-25(20)33-22(15)23)13-4-5-19-31-10-17(27(38)39)26(37)36(19)11-13/h4-5,8-11,14,30H,6-7,12H2,1-3H3,(H,32,33)(H,38,39)/t14-/m1/s1. The molecule has 12 heteroatoms. The Labute approximate surface area is 220 Å². The number of hydrogen-bond acceptors (Lipinski definition) is 7. The number of carbonyl (C=O) groups is 1. The number of halogens is 2. The third-order valence-electron chi connectivity index (χ3n) is 7.49. The van der Waals surface area contributed by atoms with Crippen LogP contribution in [0.4, 0.5) is 20.2 Å². The Morgan fingerprint density at radius 3 is 2.72 bits per heavy atom. The van der Waals surface area contributed by atoms with Crippen LogP contribution in [0.15, 0.2) is 41.6 Å². The van der Waals surface area contributed by atoms with E-state index in [2.05, 4.69) is 30.1 Å². The molecule has 5 aromatic rings. The first kappa shape index (κ1) is 24.7. The Balaban J connectivity index is 1.67. The van der Waals surface area contributed by atoms with Gasteiger partial charge in [0.15, 0.2) is 11.6 Å². The van der Waals surface area contributed by atoms with Crippen molar-refractivity contribution in [1.82, 2.24) is 24.3 Å². The van der Waals surface area contributed by atoms with Gasteiger partial charge in [0.2, 0.25) is 0 Å². The molecule has 1 aliphatic rings. The zero-order valence-corrected chi connectivity index (χ0v) is 21.4. The number of aromatic nitrogens is 4. The molecule has 0 spiro atoms. The number of nitrogens with one attached hydrogen (secondary N) is 2. The number of carboxylic acid groups (broad SMARTS) is 1. The molecule has 0 saturated carbocycles. The number of benzene rings is 1. The zero-order chi connectivity index (χ0) is 27.6. The molecule has 1 aliphatic heterocycles. The van der Waals surface area contributed by atoms with Gasteiger partial charge in [-0.2, -0.15) is 0 Å². The molecule has 39 heavy (non-hydrogen) atoms. The monoisotopic (exact) mass is 533 g/mol. The molecule has 10 nitrogen and oxygen atoms in total. The highest BCUT2D eigenvalue weighted by Crippen LogP contribution is 2.43. The van der Waals surface area contributed by atoms with Gasteiger partial charge >= 0.3 is 5.97 Å². The molecular weight excluding hydrogens is 508 g/mol. The minimum absolute atomic E-state index is 0.00706. The van der Waals surface area contributed by atoms with E-state index in [0.717, 1.165) is 18.3 Å². The molecule has 6 rings (SSSR count). The molecule has 0 unspecified atom stereocenters. The number of aromatic amines is 1. The average molecular weight is 534 g/mol. The minimum atomic E-state index is -1.36. The summed E-state index contributed by atoms with van der Waals surface area (Å²) in [7, 11) is 5.56. The number of nitrogens with zero attached hydrogens (tertiary/aromatic N) is 5. The van der Waals surface area contributed by atoms with Crippen LogP contribution < -0.4 is 15.8 Å². The topological polar surface area (TPSA) is 119 Å². The smallest absolute Gasteiger partial charge is 0.342 e. The Bertz CT molecular complexity index is 1860. The number of carboxylic acids is 1. The van der Waals surface area contributed by atoms with Crippen molar-refractivity contribution in [2.75, 3.05) is 44.4 Å². The summed E-state index contributed by atoms with van der Waals surface area (Å²) in [6.07, 6.45) is 5.13. The molecule has 0 bridgehead atoms. The molecule has 0 aliphatic carbocycles. The van der Waals surface area contributed by atoms with Gasteiger partial charge in [-0.1, -0.05) is 0 Å². The van der Waals surface area contributed by atoms with E-state index in [1.165, 1.54) is 23.7 Å². The summed E-state index contributed by atoms with van der Waals surface area (Å²) < 4.78 is 30.6. The predicted molar refractivity (Wildman–Crippen MR) is 145 cm³/mol. The van der Waals surface area contributed by atoms with Crippen molar-refractivity contribution in [3.63, 3.8) is 0 Å². The second-order valence-electron chi connectivity index (χ2n) is 9.87. The lowest BCUT2D eigenvalue weighted by Crippen LogP contribution is -2.31. The lowest BCUT2D eigenvalue weighted by Gasteiger charge is -2.25. The molecule has 0 radical (unpaired) electrons. The molecule has 4 aromatic heterocycles. The Hall–Kier alpha value is -4.58. The average Bonchev–Trinajstić information content (AvgIpc) is 3.54. The van der Waals surface area contributed by atoms with Crippen LogP contribution in [-0.4, -0.2) is 75.6 Å². The number of fused-ring (bicyclic) bond motifs is 4. The minimum Gasteiger partial charge on any atom is -0.477 e. The Morgan fingerprint density at radius 2 is 2.03 bits per heavy atom. The first-order valence-electron chi connectivity index (χ1n) is 12.4. The molecule has 1 fully saturated rings. The van der Waals surface area contributed by atoms with Gasteiger partial charge < -0.3 is 25.2 Å². The molecule has 1 aromatic carbocycles. The van der Waals surface area contributed by atoms with Gasteiger partial charge in [-0.25, -0.2) is 23.5 Å². The van der Waals surface area contributed by atoms with Crippen molar-refractivity contribution in [2.24, 2.45) is 0 Å². The SMILES string of the molecule is CNc1c(F)c(F)cc2c1[nH]c1ncc(-c3ccc4ncc(C(=O)O)c(=O)n4c3)c(N3CC[C@@H](N(C)C)C3)c12. The van der Waals surface area contributed by atoms with E-state index in [4.69, 9.17) is 0 Å². The number of likely N-dealkylation sites (N-methyl/N-ethyl adjacent to an activating group) is 1. The maximum atomic E-state index is 14.8. The van der Waals surface area contributed by atoms with Gasteiger partial charge in [-0.05, 0) is 38.7 Å². The van der Waals surface area contributed by atoms with E-state index < -0.39 is 28.7 Å². The van der Waals surface area contributed by atoms with Gasteiger partial charge in [0.05, 0.1) is 22.3 Å². The summed E-state index contributed by atoms with van der Waals surface area (Å²) in [5.41, 5.74) is 2.03. The van der Waals surface area contributed by atoms with Crippen LogP contribution in [0.3, 0.4) is 0 Å². The van der Waals surface area contributed by atoms with Gasteiger partial charge in [0.1, 0.15) is 16.9 Å². The van der Waals surface area contributed by atoms with Crippen LogP contribution in [0.5, 0.6) is 0 Å². The summed E-state index contributed by atoms with van der Waals surface area (Å²) in [6, 6.07) is 4.86. The predicted octanol–water partition coefficient (Wildman–Crippen LogP) is 3.55. The maximum Gasteiger partial charge on any atom is 0.342 e. The van der Waals surface area contributed by atoms with E-state index in [9.17, 15) is 23.5 Å².